The van der Waals surface area contributed by atoms with Crippen molar-refractivity contribution in [2.24, 2.45) is 0 Å². The molecule has 1 nitrogen and oxygen atoms in total. The number of hydrogen-bond acceptors (Lipinski definition) is 1. The van der Waals surface area contributed by atoms with Crippen molar-refractivity contribution in [3.8, 4) is 0 Å². The van der Waals surface area contributed by atoms with Gasteiger partial charge in [0, 0.05) is 34.3 Å². The maximum absolute atomic E-state index is 7.22. The molecule has 224 valence electrons. The topological polar surface area (TPSA) is 3.24 Å². The molecule has 7 rings (SSSR count). The van der Waals surface area contributed by atoms with E-state index in [-0.39, 0.29) is 10.8 Å². The molecule has 0 unspecified atom stereocenters. The summed E-state index contributed by atoms with van der Waals surface area (Å²) in [6, 6.07) is 26.9. The third kappa shape index (κ3) is 4.34. The second-order valence-corrected chi connectivity index (χ2v) is 18.5. The summed E-state index contributed by atoms with van der Waals surface area (Å²) in [6.07, 6.45) is 12.6. The highest BCUT2D eigenvalue weighted by molar-refractivity contribution is 7.82. The third-order valence-corrected chi connectivity index (χ3v) is 14.6. The fraction of sp³-hybridized carbons (Fsp3) is 0.293. The standard InChI is InChI=1S/C41H43ClNP/c1-40(2)35(43(5)33-23-19-27-13-8-10-17-31(27)37(33)40)25-21-29-15-12-16-30(39(29)42)22-26-36-41(3,4)38-32-18-11-9-14-28(32)20-24-34(38)44(36,6)7/h8-11,13-14,17-26H,12,15-16H2,1-7H3/b26-22+,29-21+,35-25+. The minimum Gasteiger partial charge on any atom is -0.347 e. The van der Waals surface area contributed by atoms with Gasteiger partial charge in [-0.2, -0.15) is 0 Å². The van der Waals surface area contributed by atoms with Crippen molar-refractivity contribution in [2.75, 3.05) is 25.3 Å². The van der Waals surface area contributed by atoms with E-state index in [2.05, 4.69) is 150 Å². The summed E-state index contributed by atoms with van der Waals surface area (Å²) in [5.41, 5.74) is 7.91. The molecule has 0 N–H and O–H groups in total. The molecular weight excluding hydrogens is 573 g/mol. The lowest BCUT2D eigenvalue weighted by Crippen LogP contribution is -2.25. The first kappa shape index (κ1) is 29.5. The van der Waals surface area contributed by atoms with Gasteiger partial charge in [-0.1, -0.05) is 131 Å². The zero-order valence-corrected chi connectivity index (χ0v) is 28.8. The zero-order chi connectivity index (χ0) is 31.0. The Morgan fingerprint density at radius 1 is 0.727 bits per heavy atom. The maximum Gasteiger partial charge on any atom is 0.0469 e. The SMILES string of the molecule is CN1/C(=C/C=C2\CCCC(/C=C/C3=P(C)(C)c4ccc5ccccc5c4C3(C)C)=C2Cl)C(C)(C)c2c1ccc1ccccc21. The molecule has 0 spiro atoms. The summed E-state index contributed by atoms with van der Waals surface area (Å²) >= 11 is 7.22. The van der Waals surface area contributed by atoms with Gasteiger partial charge in [0.25, 0.3) is 0 Å². The van der Waals surface area contributed by atoms with Gasteiger partial charge >= 0.3 is 0 Å². The first-order chi connectivity index (χ1) is 20.9. The number of allylic oxidation sites excluding steroid dienone is 8. The van der Waals surface area contributed by atoms with Crippen molar-refractivity contribution < 1.29 is 0 Å². The van der Waals surface area contributed by atoms with Crippen LogP contribution < -0.4 is 10.2 Å². The summed E-state index contributed by atoms with van der Waals surface area (Å²) in [6.45, 7) is 13.0. The van der Waals surface area contributed by atoms with E-state index in [0.29, 0.717) is 0 Å². The predicted octanol–water partition coefficient (Wildman–Crippen LogP) is 10.8. The molecule has 2 heterocycles. The predicted molar refractivity (Wildman–Crippen MR) is 198 cm³/mol. The number of benzene rings is 4. The molecule has 0 aromatic heterocycles. The van der Waals surface area contributed by atoms with Gasteiger partial charge < -0.3 is 4.90 Å². The Balaban J connectivity index is 1.24. The molecule has 0 saturated heterocycles. The molecule has 0 fully saturated rings. The van der Waals surface area contributed by atoms with E-state index in [1.54, 1.807) is 10.6 Å². The lowest BCUT2D eigenvalue weighted by Gasteiger charge is -2.26. The fourth-order valence-electron chi connectivity index (χ4n) is 8.49. The van der Waals surface area contributed by atoms with Gasteiger partial charge in [0.05, 0.1) is 0 Å². The maximum atomic E-state index is 7.22. The van der Waals surface area contributed by atoms with Gasteiger partial charge in [-0.25, -0.2) is 0 Å². The molecule has 4 aromatic rings. The van der Waals surface area contributed by atoms with Crippen LogP contribution in [0.15, 0.2) is 119 Å². The summed E-state index contributed by atoms with van der Waals surface area (Å²) in [4.78, 5) is 2.37. The number of hydrogen-bond donors (Lipinski definition) is 0. The Morgan fingerprint density at radius 2 is 1.36 bits per heavy atom. The van der Waals surface area contributed by atoms with E-state index < -0.39 is 6.89 Å². The van der Waals surface area contributed by atoms with Crippen molar-refractivity contribution in [2.45, 2.75) is 57.8 Å². The van der Waals surface area contributed by atoms with Gasteiger partial charge in [0.15, 0.2) is 0 Å². The Morgan fingerprint density at radius 3 is 2.07 bits per heavy atom. The molecule has 0 bridgehead atoms. The van der Waals surface area contributed by atoms with Crippen LogP contribution in [0.2, 0.25) is 0 Å². The van der Waals surface area contributed by atoms with E-state index in [4.69, 9.17) is 11.6 Å². The lowest BCUT2D eigenvalue weighted by atomic mass is 9.79. The molecule has 0 radical (unpaired) electrons. The Hall–Kier alpha value is -3.25. The van der Waals surface area contributed by atoms with E-state index in [1.165, 1.54) is 55.2 Å². The van der Waals surface area contributed by atoms with Gasteiger partial charge in [0.1, 0.15) is 0 Å². The zero-order valence-electron chi connectivity index (χ0n) is 27.1. The number of rotatable bonds is 3. The van der Waals surface area contributed by atoms with Crippen LogP contribution in [0.3, 0.4) is 0 Å². The number of halogens is 1. The molecule has 4 aromatic carbocycles. The van der Waals surface area contributed by atoms with Crippen molar-refractivity contribution in [3.05, 3.63) is 130 Å². The van der Waals surface area contributed by atoms with Crippen LogP contribution in [0.5, 0.6) is 0 Å². The lowest BCUT2D eigenvalue weighted by molar-refractivity contribution is 0.645. The van der Waals surface area contributed by atoms with Crippen molar-refractivity contribution >= 4 is 56.3 Å². The van der Waals surface area contributed by atoms with E-state index in [9.17, 15) is 0 Å². The highest BCUT2D eigenvalue weighted by atomic mass is 35.5. The minimum atomic E-state index is -1.48. The van der Waals surface area contributed by atoms with Crippen LogP contribution in [0.4, 0.5) is 5.69 Å². The smallest absolute Gasteiger partial charge is 0.0469 e. The number of nitrogens with zero attached hydrogens (tertiary/aromatic N) is 1. The Kier molecular flexibility index (Phi) is 6.96. The first-order valence-electron chi connectivity index (χ1n) is 15.9. The molecule has 1 aliphatic carbocycles. The summed E-state index contributed by atoms with van der Waals surface area (Å²) in [5, 5.41) is 9.41. The minimum absolute atomic E-state index is 0.0212. The highest BCUT2D eigenvalue weighted by Crippen LogP contribution is 2.55. The molecular formula is C41H43ClNP. The molecule has 0 atom stereocenters. The molecule has 44 heavy (non-hydrogen) atoms. The van der Waals surface area contributed by atoms with Gasteiger partial charge in [-0.15, -0.1) is 0 Å². The van der Waals surface area contributed by atoms with Gasteiger partial charge in [0.2, 0.25) is 0 Å². The number of fused-ring (bicyclic) bond motifs is 6. The summed E-state index contributed by atoms with van der Waals surface area (Å²) in [7, 11) is 2.20. The Labute approximate surface area is 268 Å². The second-order valence-electron chi connectivity index (χ2n) is 14.3. The van der Waals surface area contributed by atoms with E-state index in [1.807, 2.05) is 0 Å². The average molecular weight is 616 g/mol. The largest absolute Gasteiger partial charge is 0.347 e. The van der Waals surface area contributed by atoms with Crippen LogP contribution in [-0.2, 0) is 10.8 Å². The average Bonchev–Trinajstić information content (AvgIpc) is 3.30. The normalized spacial score (nSPS) is 22.2. The highest BCUT2D eigenvalue weighted by Gasteiger charge is 2.41. The molecule has 3 heteroatoms. The van der Waals surface area contributed by atoms with E-state index in [0.717, 1.165) is 24.3 Å². The quantitative estimate of drug-likeness (QED) is 0.207. The van der Waals surface area contributed by atoms with Crippen LogP contribution in [0.1, 0.15) is 58.1 Å². The third-order valence-electron chi connectivity index (χ3n) is 10.6. The van der Waals surface area contributed by atoms with E-state index >= 15 is 0 Å². The van der Waals surface area contributed by atoms with Gasteiger partial charge in [-0.3, -0.25) is 0 Å². The van der Waals surface area contributed by atoms with Crippen molar-refractivity contribution in [1.29, 1.82) is 0 Å². The summed E-state index contributed by atoms with van der Waals surface area (Å²) in [5.74, 6) is 0. The molecule has 0 saturated carbocycles. The van der Waals surface area contributed by atoms with Crippen LogP contribution in [0.25, 0.3) is 21.5 Å². The van der Waals surface area contributed by atoms with Crippen molar-refractivity contribution in [3.63, 3.8) is 0 Å². The molecule has 0 amide bonds. The molecule has 2 aliphatic heterocycles. The summed E-state index contributed by atoms with van der Waals surface area (Å²) < 4.78 is 0. The second kappa shape index (κ2) is 10.4. The monoisotopic (exact) mass is 615 g/mol. The molecule has 3 aliphatic rings. The van der Waals surface area contributed by atoms with Gasteiger partial charge in [-0.05, 0) is 99.2 Å². The fourth-order valence-corrected chi connectivity index (χ4v) is 12.4. The van der Waals surface area contributed by atoms with Crippen LogP contribution in [0, 0.1) is 0 Å². The van der Waals surface area contributed by atoms with Crippen molar-refractivity contribution in [1.82, 2.24) is 0 Å². The number of likely N-dealkylation sites (N-methyl/N-ethyl adjacent to an activating group) is 1. The van der Waals surface area contributed by atoms with Crippen LogP contribution in [-0.4, -0.2) is 25.7 Å². The number of anilines is 1. The first-order valence-corrected chi connectivity index (χ1v) is 19.0. The Bertz CT molecular complexity index is 2040. The van der Waals surface area contributed by atoms with Crippen LogP contribution >= 0.6 is 18.5 Å².